The van der Waals surface area contributed by atoms with Gasteiger partial charge in [0, 0.05) is 30.6 Å². The van der Waals surface area contributed by atoms with Crippen LogP contribution < -0.4 is 0 Å². The van der Waals surface area contributed by atoms with E-state index >= 15 is 0 Å². The number of nitrogens with zero attached hydrogens (tertiary/aromatic N) is 3. The highest BCUT2D eigenvalue weighted by atomic mass is 32.2. The molecule has 2 aromatic heterocycles. The standard InChI is InChI=1S/C9H9N3O2S2/c1-12-3-2-10-9(12)16-5-6-4-15-7(11-6)8(13)14/h2-4H,5H2,1H3,(H,13,14). The van der Waals surface area contributed by atoms with Gasteiger partial charge in [-0.25, -0.2) is 14.8 Å². The number of carboxylic acids is 1. The lowest BCUT2D eigenvalue weighted by Gasteiger charge is -1.98. The number of aromatic nitrogens is 3. The molecule has 16 heavy (non-hydrogen) atoms. The minimum absolute atomic E-state index is 0.135. The fourth-order valence-corrected chi connectivity index (χ4v) is 2.69. The molecule has 2 heterocycles. The molecule has 1 N–H and O–H groups in total. The van der Waals surface area contributed by atoms with Crippen molar-refractivity contribution in [2.45, 2.75) is 10.9 Å². The topological polar surface area (TPSA) is 68.0 Å². The zero-order chi connectivity index (χ0) is 11.5. The van der Waals surface area contributed by atoms with Crippen LogP contribution in [0.4, 0.5) is 0 Å². The molecule has 0 amide bonds. The third-order valence-electron chi connectivity index (χ3n) is 1.86. The summed E-state index contributed by atoms with van der Waals surface area (Å²) in [5.41, 5.74) is 0.774. The van der Waals surface area contributed by atoms with Gasteiger partial charge in [-0.05, 0) is 0 Å². The van der Waals surface area contributed by atoms with Crippen LogP contribution in [0.2, 0.25) is 0 Å². The molecule has 0 unspecified atom stereocenters. The highest BCUT2D eigenvalue weighted by Crippen LogP contribution is 2.21. The summed E-state index contributed by atoms with van der Waals surface area (Å²) in [5.74, 6) is -0.340. The molecule has 0 aliphatic rings. The Labute approximate surface area is 100 Å². The number of carbonyl (C=O) groups is 1. The van der Waals surface area contributed by atoms with E-state index in [1.165, 1.54) is 11.8 Å². The summed E-state index contributed by atoms with van der Waals surface area (Å²) in [4.78, 5) is 18.8. The summed E-state index contributed by atoms with van der Waals surface area (Å²) in [6, 6.07) is 0. The average molecular weight is 255 g/mol. The molecule has 0 spiro atoms. The first-order valence-corrected chi connectivity index (χ1v) is 6.31. The van der Waals surface area contributed by atoms with E-state index in [9.17, 15) is 4.79 Å². The van der Waals surface area contributed by atoms with Crippen LogP contribution in [0.25, 0.3) is 0 Å². The summed E-state index contributed by atoms with van der Waals surface area (Å²) in [6.45, 7) is 0. The van der Waals surface area contributed by atoms with E-state index in [1.807, 2.05) is 17.8 Å². The highest BCUT2D eigenvalue weighted by Gasteiger charge is 2.09. The van der Waals surface area contributed by atoms with Crippen LogP contribution in [0.15, 0.2) is 22.9 Å². The number of hydrogen-bond acceptors (Lipinski definition) is 5. The third-order valence-corrected chi connectivity index (χ3v) is 3.83. The van der Waals surface area contributed by atoms with E-state index in [1.54, 1.807) is 11.6 Å². The van der Waals surface area contributed by atoms with E-state index in [-0.39, 0.29) is 5.01 Å². The highest BCUT2D eigenvalue weighted by molar-refractivity contribution is 7.98. The first-order chi connectivity index (χ1) is 7.66. The van der Waals surface area contributed by atoms with Gasteiger partial charge in [-0.15, -0.1) is 11.3 Å². The van der Waals surface area contributed by atoms with E-state index in [4.69, 9.17) is 5.11 Å². The second kappa shape index (κ2) is 4.67. The zero-order valence-electron chi connectivity index (χ0n) is 8.45. The maximum absolute atomic E-state index is 10.6. The predicted molar refractivity (Wildman–Crippen MR) is 61.8 cm³/mol. The number of thioether (sulfide) groups is 1. The zero-order valence-corrected chi connectivity index (χ0v) is 10.1. The number of aromatic carboxylic acids is 1. The van der Waals surface area contributed by atoms with Crippen LogP contribution in [0, 0.1) is 0 Å². The van der Waals surface area contributed by atoms with E-state index in [2.05, 4.69) is 9.97 Å². The molecule has 5 nitrogen and oxygen atoms in total. The Morgan fingerprint density at radius 3 is 3.06 bits per heavy atom. The van der Waals surface area contributed by atoms with Gasteiger partial charge >= 0.3 is 5.97 Å². The lowest BCUT2D eigenvalue weighted by Crippen LogP contribution is -1.95. The Morgan fingerprint density at radius 2 is 2.50 bits per heavy atom. The number of rotatable bonds is 4. The molecule has 84 valence electrons. The summed E-state index contributed by atoms with van der Waals surface area (Å²) in [5, 5.41) is 11.5. The maximum Gasteiger partial charge on any atom is 0.365 e. The Balaban J connectivity index is 2.00. The van der Waals surface area contributed by atoms with E-state index in [0.717, 1.165) is 22.2 Å². The molecule has 7 heteroatoms. The smallest absolute Gasteiger partial charge is 0.365 e. The van der Waals surface area contributed by atoms with Gasteiger partial charge in [-0.2, -0.15) is 0 Å². The number of aryl methyl sites for hydroxylation is 1. The Kier molecular flexibility index (Phi) is 3.25. The lowest BCUT2D eigenvalue weighted by molar-refractivity contribution is 0.0696. The fourth-order valence-electron chi connectivity index (χ4n) is 1.10. The summed E-state index contributed by atoms with van der Waals surface area (Å²) in [6.07, 6.45) is 3.60. The molecule has 0 atom stereocenters. The van der Waals surface area contributed by atoms with E-state index < -0.39 is 5.97 Å². The fraction of sp³-hybridized carbons (Fsp3) is 0.222. The molecule has 0 aliphatic heterocycles. The largest absolute Gasteiger partial charge is 0.476 e. The van der Waals surface area contributed by atoms with Crippen molar-refractivity contribution in [2.24, 2.45) is 7.05 Å². The molecule has 0 saturated carbocycles. The number of thiazole rings is 1. The Hall–Kier alpha value is -1.34. The van der Waals surface area contributed by atoms with Gasteiger partial charge in [0.05, 0.1) is 5.69 Å². The normalized spacial score (nSPS) is 10.6. The van der Waals surface area contributed by atoms with Crippen molar-refractivity contribution in [1.82, 2.24) is 14.5 Å². The molecular weight excluding hydrogens is 246 g/mol. The van der Waals surface area contributed by atoms with Gasteiger partial charge in [0.1, 0.15) is 0 Å². The van der Waals surface area contributed by atoms with Gasteiger partial charge in [0.25, 0.3) is 0 Å². The van der Waals surface area contributed by atoms with Gasteiger partial charge in [0.2, 0.25) is 5.01 Å². The van der Waals surface area contributed by atoms with Crippen molar-refractivity contribution in [3.8, 4) is 0 Å². The molecule has 2 rings (SSSR count). The van der Waals surface area contributed by atoms with Gasteiger partial charge in [-0.1, -0.05) is 11.8 Å². The van der Waals surface area contributed by atoms with Crippen molar-refractivity contribution in [3.05, 3.63) is 28.5 Å². The Bertz CT molecular complexity index is 506. The Morgan fingerprint density at radius 1 is 1.69 bits per heavy atom. The van der Waals surface area contributed by atoms with Crippen molar-refractivity contribution < 1.29 is 9.90 Å². The third kappa shape index (κ3) is 2.42. The minimum Gasteiger partial charge on any atom is -0.476 e. The number of imidazole rings is 1. The monoisotopic (exact) mass is 255 g/mol. The van der Waals surface area contributed by atoms with Crippen molar-refractivity contribution in [2.75, 3.05) is 0 Å². The first kappa shape index (κ1) is 11.2. The van der Waals surface area contributed by atoms with Crippen LogP contribution in [-0.2, 0) is 12.8 Å². The second-order valence-corrected chi connectivity index (χ2v) is 4.86. The first-order valence-electron chi connectivity index (χ1n) is 4.44. The van der Waals surface area contributed by atoms with E-state index in [0.29, 0.717) is 5.75 Å². The van der Waals surface area contributed by atoms with Crippen LogP contribution in [0.5, 0.6) is 0 Å². The lowest BCUT2D eigenvalue weighted by atomic mass is 10.6. The van der Waals surface area contributed by atoms with Gasteiger partial charge < -0.3 is 9.67 Å². The molecule has 0 aliphatic carbocycles. The van der Waals surface area contributed by atoms with Crippen LogP contribution in [0.3, 0.4) is 0 Å². The SMILES string of the molecule is Cn1ccnc1SCc1csc(C(=O)O)n1. The van der Waals surface area contributed by atoms with Crippen LogP contribution in [0.1, 0.15) is 15.5 Å². The number of carboxylic acid groups (broad SMARTS) is 1. The molecule has 0 radical (unpaired) electrons. The molecular formula is C9H9N3O2S2. The maximum atomic E-state index is 10.6. The van der Waals surface area contributed by atoms with Crippen LogP contribution in [-0.4, -0.2) is 25.6 Å². The molecule has 0 saturated heterocycles. The van der Waals surface area contributed by atoms with Gasteiger partial charge in [-0.3, -0.25) is 0 Å². The second-order valence-electron chi connectivity index (χ2n) is 3.06. The molecule has 0 aromatic carbocycles. The van der Waals surface area contributed by atoms with Crippen molar-refractivity contribution >= 4 is 29.1 Å². The quantitative estimate of drug-likeness (QED) is 0.845. The van der Waals surface area contributed by atoms with Crippen LogP contribution >= 0.6 is 23.1 Å². The number of hydrogen-bond donors (Lipinski definition) is 1. The molecule has 2 aromatic rings. The summed E-state index contributed by atoms with van der Waals surface area (Å²) < 4.78 is 1.91. The summed E-state index contributed by atoms with van der Waals surface area (Å²) in [7, 11) is 1.92. The molecule has 0 bridgehead atoms. The predicted octanol–water partition coefficient (Wildman–Crippen LogP) is 1.87. The molecule has 0 fully saturated rings. The van der Waals surface area contributed by atoms with Crippen molar-refractivity contribution in [3.63, 3.8) is 0 Å². The van der Waals surface area contributed by atoms with Crippen molar-refractivity contribution in [1.29, 1.82) is 0 Å². The summed E-state index contributed by atoms with van der Waals surface area (Å²) >= 11 is 2.68. The average Bonchev–Trinajstić information content (AvgIpc) is 2.83. The van der Waals surface area contributed by atoms with Gasteiger partial charge in [0.15, 0.2) is 5.16 Å². The minimum atomic E-state index is -0.974.